The van der Waals surface area contributed by atoms with E-state index in [1.54, 1.807) is 38.1 Å². The van der Waals surface area contributed by atoms with Crippen molar-refractivity contribution in [2.75, 3.05) is 21.4 Å². The zero-order chi connectivity index (χ0) is 21.4. The van der Waals surface area contributed by atoms with E-state index in [4.69, 9.17) is 4.74 Å². The summed E-state index contributed by atoms with van der Waals surface area (Å²) in [6, 6.07) is 11.6. The first kappa shape index (κ1) is 21.1. The van der Waals surface area contributed by atoms with Crippen molar-refractivity contribution in [2.45, 2.75) is 25.7 Å². The van der Waals surface area contributed by atoms with E-state index in [1.165, 1.54) is 24.3 Å². The Bertz CT molecular complexity index is 1120. The largest absolute Gasteiger partial charge is 0.494 e. The molecule has 1 heterocycles. The van der Waals surface area contributed by atoms with Crippen LogP contribution in [0.5, 0.6) is 5.75 Å². The second-order valence-corrected chi connectivity index (χ2v) is 10.8. The summed E-state index contributed by atoms with van der Waals surface area (Å²) in [6.07, 6.45) is 0. The van der Waals surface area contributed by atoms with Crippen LogP contribution in [0.15, 0.2) is 53.4 Å². The topological polar surface area (TPSA) is 110 Å². The molecule has 1 N–H and O–H groups in total. The number of anilines is 2. The summed E-state index contributed by atoms with van der Waals surface area (Å²) in [7, 11) is -7.68. The van der Waals surface area contributed by atoms with Gasteiger partial charge in [0.15, 0.2) is 0 Å². The van der Waals surface area contributed by atoms with E-state index in [9.17, 15) is 21.6 Å². The molecule has 0 aliphatic carbocycles. The highest BCUT2D eigenvalue weighted by atomic mass is 32.2. The van der Waals surface area contributed by atoms with Gasteiger partial charge in [-0.15, -0.1) is 0 Å². The highest BCUT2D eigenvalue weighted by Crippen LogP contribution is 2.36. The molecule has 1 aliphatic heterocycles. The van der Waals surface area contributed by atoms with Crippen molar-refractivity contribution in [3.63, 3.8) is 0 Å². The van der Waals surface area contributed by atoms with Crippen LogP contribution in [0.2, 0.25) is 0 Å². The minimum atomic E-state index is -3.89. The van der Waals surface area contributed by atoms with Crippen molar-refractivity contribution >= 4 is 37.3 Å². The summed E-state index contributed by atoms with van der Waals surface area (Å²) < 4.78 is 58.4. The Labute approximate surface area is 170 Å². The number of hydrogen-bond donors (Lipinski definition) is 1. The number of amides is 1. The lowest BCUT2D eigenvalue weighted by Gasteiger charge is -2.17. The third-order valence-electron chi connectivity index (χ3n) is 4.38. The highest BCUT2D eigenvalue weighted by Gasteiger charge is 2.49. The van der Waals surface area contributed by atoms with Crippen molar-refractivity contribution in [3.8, 4) is 5.75 Å². The lowest BCUT2D eigenvalue weighted by atomic mass is 9.95. The van der Waals surface area contributed by atoms with Crippen LogP contribution in [0.25, 0.3) is 0 Å². The van der Waals surface area contributed by atoms with Gasteiger partial charge in [0.05, 0.1) is 28.4 Å². The summed E-state index contributed by atoms with van der Waals surface area (Å²) in [4.78, 5) is 12.4. The summed E-state index contributed by atoms with van der Waals surface area (Å²) >= 11 is 0. The van der Waals surface area contributed by atoms with E-state index in [-0.39, 0.29) is 16.3 Å². The van der Waals surface area contributed by atoms with E-state index in [2.05, 4.69) is 4.72 Å². The Kier molecular flexibility index (Phi) is 5.35. The molecule has 0 radical (unpaired) electrons. The van der Waals surface area contributed by atoms with E-state index in [0.29, 0.717) is 18.0 Å². The first-order chi connectivity index (χ1) is 13.5. The molecular weight excluding hydrogens is 416 g/mol. The first-order valence-electron chi connectivity index (χ1n) is 8.89. The average Bonchev–Trinajstić information content (AvgIpc) is 2.79. The summed E-state index contributed by atoms with van der Waals surface area (Å²) in [5.74, 6) is -0.210. The van der Waals surface area contributed by atoms with Gasteiger partial charge in [0.2, 0.25) is 15.9 Å². The van der Waals surface area contributed by atoms with Gasteiger partial charge in [-0.05, 0) is 69.3 Å². The Hall–Kier alpha value is -2.59. The van der Waals surface area contributed by atoms with Gasteiger partial charge in [0, 0.05) is 5.69 Å². The second-order valence-electron chi connectivity index (χ2n) is 7.27. The molecule has 156 valence electrons. The predicted octanol–water partition coefficient (Wildman–Crippen LogP) is 2.59. The molecule has 0 atom stereocenters. The molecule has 2 aromatic rings. The van der Waals surface area contributed by atoms with Crippen molar-refractivity contribution in [3.05, 3.63) is 48.5 Å². The van der Waals surface area contributed by atoms with Gasteiger partial charge in [-0.25, -0.2) is 21.1 Å². The van der Waals surface area contributed by atoms with Crippen molar-refractivity contribution in [2.24, 2.45) is 5.41 Å². The first-order valence-corrected chi connectivity index (χ1v) is 12.0. The molecule has 0 bridgehead atoms. The average molecular weight is 439 g/mol. The maximum Gasteiger partial charge on any atom is 0.261 e. The highest BCUT2D eigenvalue weighted by molar-refractivity contribution is 7.94. The van der Waals surface area contributed by atoms with Crippen LogP contribution < -0.4 is 13.8 Å². The maximum atomic E-state index is 12.6. The predicted molar refractivity (Wildman–Crippen MR) is 110 cm³/mol. The molecular formula is C19H22N2O6S2. The summed E-state index contributed by atoms with van der Waals surface area (Å²) in [5, 5.41) is 0. The molecule has 8 nitrogen and oxygen atoms in total. The van der Waals surface area contributed by atoms with E-state index >= 15 is 0 Å². The number of nitrogens with zero attached hydrogens (tertiary/aromatic N) is 1. The zero-order valence-corrected chi connectivity index (χ0v) is 17.9. The number of carbonyl (C=O) groups excluding carboxylic acids is 1. The number of carbonyl (C=O) groups is 1. The lowest BCUT2D eigenvalue weighted by Crippen LogP contribution is -2.32. The van der Waals surface area contributed by atoms with Gasteiger partial charge in [-0.3, -0.25) is 9.52 Å². The molecule has 0 saturated carbocycles. The molecule has 1 aliphatic rings. The fourth-order valence-corrected chi connectivity index (χ4v) is 6.19. The van der Waals surface area contributed by atoms with Gasteiger partial charge in [-0.2, -0.15) is 0 Å². The van der Waals surface area contributed by atoms with Crippen molar-refractivity contribution in [1.29, 1.82) is 0 Å². The number of benzene rings is 2. The quantitative estimate of drug-likeness (QED) is 0.742. The van der Waals surface area contributed by atoms with Crippen LogP contribution in [0.3, 0.4) is 0 Å². The Balaban J connectivity index is 1.83. The van der Waals surface area contributed by atoms with Gasteiger partial charge >= 0.3 is 0 Å². The van der Waals surface area contributed by atoms with Crippen LogP contribution in [-0.2, 0) is 24.8 Å². The van der Waals surface area contributed by atoms with Crippen molar-refractivity contribution < 1.29 is 26.4 Å². The molecule has 0 aromatic heterocycles. The molecule has 10 heteroatoms. The van der Waals surface area contributed by atoms with Gasteiger partial charge < -0.3 is 4.74 Å². The molecule has 0 spiro atoms. The SMILES string of the molecule is CCOc1ccc(NS(=O)(=O)c2ccc(N3C(=O)C(C)(C)CS3(=O)=O)cc2)cc1. The number of hydrogen-bond acceptors (Lipinski definition) is 6. The number of rotatable bonds is 6. The maximum absolute atomic E-state index is 12.6. The van der Waals surface area contributed by atoms with Gasteiger partial charge in [-0.1, -0.05) is 0 Å². The molecule has 3 rings (SSSR count). The molecule has 0 unspecified atom stereocenters. The van der Waals surface area contributed by atoms with E-state index in [0.717, 1.165) is 4.31 Å². The smallest absolute Gasteiger partial charge is 0.261 e. The normalized spacial score (nSPS) is 17.9. The molecule has 1 fully saturated rings. The monoisotopic (exact) mass is 438 g/mol. The standard InChI is InChI=1S/C19H22N2O6S2/c1-4-27-16-9-5-14(6-10-16)20-29(25,26)17-11-7-15(8-12-17)21-18(22)19(2,3)13-28(21,23)24/h5-12,20H,4,13H2,1-3H3. The van der Waals surface area contributed by atoms with Gasteiger partial charge in [0.25, 0.3) is 10.0 Å². The Morgan fingerprint density at radius 3 is 2.14 bits per heavy atom. The fraction of sp³-hybridized carbons (Fsp3) is 0.316. The Morgan fingerprint density at radius 2 is 1.66 bits per heavy atom. The molecule has 2 aromatic carbocycles. The van der Waals surface area contributed by atoms with Crippen LogP contribution in [0.4, 0.5) is 11.4 Å². The zero-order valence-electron chi connectivity index (χ0n) is 16.2. The van der Waals surface area contributed by atoms with Crippen LogP contribution in [0, 0.1) is 5.41 Å². The third kappa shape index (κ3) is 4.23. The van der Waals surface area contributed by atoms with Crippen LogP contribution in [-0.4, -0.2) is 35.1 Å². The molecule has 29 heavy (non-hydrogen) atoms. The van der Waals surface area contributed by atoms with E-state index in [1.807, 2.05) is 6.92 Å². The van der Waals surface area contributed by atoms with Crippen LogP contribution in [0.1, 0.15) is 20.8 Å². The van der Waals surface area contributed by atoms with Crippen LogP contribution >= 0.6 is 0 Å². The molecule has 1 saturated heterocycles. The number of ether oxygens (including phenoxy) is 1. The fourth-order valence-electron chi connectivity index (χ4n) is 3.02. The van der Waals surface area contributed by atoms with Crippen molar-refractivity contribution in [1.82, 2.24) is 0 Å². The minimum Gasteiger partial charge on any atom is -0.494 e. The minimum absolute atomic E-state index is 0.0570. The Morgan fingerprint density at radius 1 is 1.07 bits per heavy atom. The third-order valence-corrected chi connectivity index (χ3v) is 7.80. The van der Waals surface area contributed by atoms with Gasteiger partial charge in [0.1, 0.15) is 5.75 Å². The lowest BCUT2D eigenvalue weighted by molar-refractivity contribution is -0.123. The van der Waals surface area contributed by atoms with E-state index < -0.39 is 31.4 Å². The number of nitrogens with one attached hydrogen (secondary N) is 1. The summed E-state index contributed by atoms with van der Waals surface area (Å²) in [5.41, 5.74) is -0.559. The number of sulfonamides is 2. The molecule has 1 amide bonds. The second kappa shape index (κ2) is 7.34. The summed E-state index contributed by atoms with van der Waals surface area (Å²) in [6.45, 7) is 5.48.